The lowest BCUT2D eigenvalue weighted by atomic mass is 9.97. The van der Waals surface area contributed by atoms with Crippen LogP contribution in [0.1, 0.15) is 208 Å². The monoisotopic (exact) mass is 1390 g/mol. The number of hydrogen-bond donors (Lipinski definition) is 10. The molecule has 6 aliphatic heterocycles. The van der Waals surface area contributed by atoms with E-state index < -0.39 is 178 Å². The standard InChI is InChI=1S/C34H58O15.C34H56O14/c1-21(17-15-13-11-9-7-5-4-6-8-10-12-14-16-18-26(37)38)46-34-32(30(42)28(40)25(48-34)20-45-23(3)36)49-33-31(43)29(41)27(39)24(47-33)19-44-22(2)35;1-21-17-15-13-11-9-7-5-4-6-8-10-12-14-16-18-26(37)47-31-25(20-43-23(3)36)46-33(30(41)29(31)40)48-32-28(39)27(38)24(19-42-22(2)35)45-34(32)44-21/h4-5,21,24-25,27-34,39-43H,6-20H2,1-3H3,(H,37,38);4-5,21,24-25,27-34,38-41H,6-20H2,1-3H3/b2*5-4-/t21?,24?,25?,27-,28-,29?,30?,31+,32+,33+,34-;21?,24?,25?,27-,28?,29?,30+,31-,32+,33+,34-/m11/s1. The van der Waals surface area contributed by atoms with E-state index in [0.717, 1.165) is 142 Å². The Morgan fingerprint density at radius 3 is 1.53 bits per heavy atom. The summed E-state index contributed by atoms with van der Waals surface area (Å²) in [6.07, 6.45) is 1.09. The van der Waals surface area contributed by atoms with Gasteiger partial charge in [0, 0.05) is 40.5 Å². The van der Waals surface area contributed by atoms with Crippen molar-refractivity contribution in [2.45, 2.75) is 344 Å². The number of unbranched alkanes of at least 4 members (excludes halogenated alkanes) is 9. The maximum absolute atomic E-state index is 12.7. The highest BCUT2D eigenvalue weighted by atomic mass is 16.8. The first kappa shape index (κ1) is 85.0. The second-order valence-corrected chi connectivity index (χ2v) is 25.8. The van der Waals surface area contributed by atoms with Gasteiger partial charge in [-0.2, -0.15) is 0 Å². The zero-order chi connectivity index (χ0) is 71.4. The van der Waals surface area contributed by atoms with Crippen molar-refractivity contribution in [2.75, 3.05) is 26.4 Å². The molecule has 0 aromatic heterocycles. The van der Waals surface area contributed by atoms with E-state index in [1.165, 1.54) is 20.8 Å². The van der Waals surface area contributed by atoms with E-state index in [9.17, 15) is 74.7 Å². The van der Waals surface area contributed by atoms with Gasteiger partial charge in [-0.15, -0.1) is 0 Å². The third-order valence-corrected chi connectivity index (χ3v) is 17.3. The molecule has 4 fully saturated rings. The number of carbonyl (C=O) groups excluding carboxylic acids is 5. The Bertz CT molecular complexity index is 2310. The molecule has 10 N–H and O–H groups in total. The highest BCUT2D eigenvalue weighted by Gasteiger charge is 2.54. The van der Waals surface area contributed by atoms with Crippen molar-refractivity contribution in [1.82, 2.24) is 0 Å². The van der Waals surface area contributed by atoms with Gasteiger partial charge >= 0.3 is 35.8 Å². The zero-order valence-electron chi connectivity index (χ0n) is 57.5. The summed E-state index contributed by atoms with van der Waals surface area (Å²) in [4.78, 5) is 69.0. The second-order valence-electron chi connectivity index (χ2n) is 25.8. The number of aliphatic hydroxyl groups is 9. The minimum absolute atomic E-state index is 0.0919. The molecule has 0 radical (unpaired) electrons. The summed E-state index contributed by atoms with van der Waals surface area (Å²) in [5, 5.41) is 106. The van der Waals surface area contributed by atoms with Crippen LogP contribution in [0.2, 0.25) is 0 Å². The van der Waals surface area contributed by atoms with Gasteiger partial charge in [-0.3, -0.25) is 28.8 Å². The van der Waals surface area contributed by atoms with Crippen LogP contribution in [0.3, 0.4) is 0 Å². The molecule has 0 saturated carbocycles. The lowest BCUT2D eigenvalue weighted by molar-refractivity contribution is -0.371. The van der Waals surface area contributed by atoms with Gasteiger partial charge < -0.3 is 113 Å². The number of carboxylic acid groups (broad SMARTS) is 1. The van der Waals surface area contributed by atoms with Crippen LogP contribution in [0, 0.1) is 0 Å². The molecule has 0 aliphatic carbocycles. The fourth-order valence-corrected chi connectivity index (χ4v) is 11.7. The topological polar surface area (TPSA) is 425 Å². The molecule has 6 rings (SSSR count). The quantitative estimate of drug-likeness (QED) is 0.0238. The molecular weight excluding hydrogens is 1280 g/mol. The van der Waals surface area contributed by atoms with E-state index in [4.69, 9.17) is 66.7 Å². The Kier molecular flexibility index (Phi) is 41.1. The third kappa shape index (κ3) is 32.0. The smallest absolute Gasteiger partial charge is 0.306 e. The molecule has 29 nitrogen and oxygen atoms in total. The van der Waals surface area contributed by atoms with Gasteiger partial charge in [0.2, 0.25) is 0 Å². The van der Waals surface area contributed by atoms with E-state index in [2.05, 4.69) is 24.3 Å². The third-order valence-electron chi connectivity index (χ3n) is 17.3. The number of carboxylic acids is 1. The van der Waals surface area contributed by atoms with Gasteiger partial charge in [-0.25, -0.2) is 0 Å². The number of aliphatic carboxylic acids is 1. The lowest BCUT2D eigenvalue weighted by Gasteiger charge is -2.47. The van der Waals surface area contributed by atoms with E-state index in [0.29, 0.717) is 19.3 Å². The number of rotatable bonds is 27. The highest BCUT2D eigenvalue weighted by Crippen LogP contribution is 2.34. The van der Waals surface area contributed by atoms with Crippen LogP contribution >= 0.6 is 0 Å². The minimum Gasteiger partial charge on any atom is -0.481 e. The second kappa shape index (κ2) is 46.9. The zero-order valence-corrected chi connectivity index (χ0v) is 57.5. The molecule has 0 amide bonds. The van der Waals surface area contributed by atoms with E-state index >= 15 is 0 Å². The summed E-state index contributed by atoms with van der Waals surface area (Å²) in [6, 6.07) is 0. The Balaban J connectivity index is 0.000000412. The SMILES string of the molecule is CC(=O)OCC1O[C@@H](O[C@H]2C(O)[C@H](O)C(COC(C)=O)O[C@H]2OC(C)CCCCCC/C=C\CCCCCCCC(=O)O)[C@@H](O)C(O)[C@@H]1O.CC(=O)OCC1O[C@H]2OC(C)CCCCCC/C=C\CCCCCCCC(=O)O[C@@H]3C(COC(C)=O)O[C@@H](O[C@H]2C(O)[C@@H]1O)[C@@H](O)C3O. The fraction of sp³-hybridized carbons (Fsp3) is 0.853. The molecule has 0 aromatic carbocycles. The number of hydrogen-bond acceptors (Lipinski definition) is 28. The van der Waals surface area contributed by atoms with Crippen molar-refractivity contribution in [3.8, 4) is 0 Å². The van der Waals surface area contributed by atoms with E-state index in [1.54, 1.807) is 0 Å². The molecule has 97 heavy (non-hydrogen) atoms. The first-order chi connectivity index (χ1) is 46.3. The number of allylic oxidation sites excluding steroid dienone is 4. The molecule has 4 saturated heterocycles. The van der Waals surface area contributed by atoms with Crippen LogP contribution in [-0.2, 0) is 90.3 Å². The van der Waals surface area contributed by atoms with Crippen LogP contribution < -0.4 is 0 Å². The number of fused-ring (bicyclic) bond motifs is 19. The van der Waals surface area contributed by atoms with Gasteiger partial charge in [0.1, 0.15) is 118 Å². The summed E-state index contributed by atoms with van der Waals surface area (Å²) in [5.74, 6) is -3.86. The Morgan fingerprint density at radius 2 is 0.948 bits per heavy atom. The van der Waals surface area contributed by atoms with Crippen LogP contribution in [0.4, 0.5) is 0 Å². The van der Waals surface area contributed by atoms with Crippen molar-refractivity contribution in [3.05, 3.63) is 24.3 Å². The molecule has 22 atom stereocenters. The highest BCUT2D eigenvalue weighted by molar-refractivity contribution is 5.70. The predicted molar refractivity (Wildman–Crippen MR) is 342 cm³/mol. The van der Waals surface area contributed by atoms with E-state index in [-0.39, 0.29) is 32.2 Å². The summed E-state index contributed by atoms with van der Waals surface area (Å²) in [7, 11) is 0. The Hall–Kier alpha value is -4.38. The van der Waals surface area contributed by atoms with Crippen molar-refractivity contribution in [1.29, 1.82) is 0 Å². The molecule has 560 valence electrons. The average Bonchev–Trinajstić information content (AvgIpc) is 0.794. The molecule has 0 aromatic rings. The summed E-state index contributed by atoms with van der Waals surface area (Å²) < 4.78 is 72.9. The Labute approximate surface area is 569 Å². The van der Waals surface area contributed by atoms with E-state index in [1.807, 2.05) is 13.8 Å². The van der Waals surface area contributed by atoms with Crippen molar-refractivity contribution >= 4 is 35.8 Å². The van der Waals surface area contributed by atoms with Crippen LogP contribution in [-0.4, -0.2) is 248 Å². The van der Waals surface area contributed by atoms with Crippen LogP contribution in [0.5, 0.6) is 0 Å². The minimum atomic E-state index is -1.79. The van der Waals surface area contributed by atoms with Crippen molar-refractivity contribution < 1.29 is 141 Å². The largest absolute Gasteiger partial charge is 0.481 e. The van der Waals surface area contributed by atoms with Crippen molar-refractivity contribution in [2.24, 2.45) is 0 Å². The average molecular weight is 1400 g/mol. The van der Waals surface area contributed by atoms with Crippen molar-refractivity contribution in [3.63, 3.8) is 0 Å². The van der Waals surface area contributed by atoms with Gasteiger partial charge in [-0.05, 0) is 90.9 Å². The van der Waals surface area contributed by atoms with Gasteiger partial charge in [-0.1, -0.05) is 101 Å². The van der Waals surface area contributed by atoms with Crippen LogP contribution in [0.15, 0.2) is 24.3 Å². The van der Waals surface area contributed by atoms with Gasteiger partial charge in [0.15, 0.2) is 31.3 Å². The normalized spacial score (nSPS) is 34.4. The molecular formula is C68H114O29. The predicted octanol–water partition coefficient (Wildman–Crippen LogP) is 4.22. The number of esters is 5. The fourth-order valence-electron chi connectivity index (χ4n) is 11.7. The molecule has 6 heterocycles. The number of carbonyl (C=O) groups is 6. The number of ether oxygens (including phenoxy) is 13. The number of aliphatic hydroxyl groups excluding tert-OH is 9. The maximum atomic E-state index is 12.7. The first-order valence-corrected chi connectivity index (χ1v) is 34.9. The lowest BCUT2D eigenvalue weighted by Crippen LogP contribution is -2.65. The molecule has 6 aliphatic rings. The molecule has 0 spiro atoms. The van der Waals surface area contributed by atoms with Crippen LogP contribution in [0.25, 0.3) is 0 Å². The summed E-state index contributed by atoms with van der Waals surface area (Å²) in [6.45, 7) is 6.77. The Morgan fingerprint density at radius 1 is 0.485 bits per heavy atom. The first-order valence-electron chi connectivity index (χ1n) is 34.9. The molecule has 2 bridgehead atoms. The molecule has 29 heteroatoms. The summed E-state index contributed by atoms with van der Waals surface area (Å²) >= 11 is 0. The summed E-state index contributed by atoms with van der Waals surface area (Å²) in [5.41, 5.74) is 0. The maximum Gasteiger partial charge on any atom is 0.306 e. The van der Waals surface area contributed by atoms with Gasteiger partial charge in [0.25, 0.3) is 0 Å². The molecule has 10 unspecified atom stereocenters. The van der Waals surface area contributed by atoms with Gasteiger partial charge in [0.05, 0.1) is 12.2 Å².